The van der Waals surface area contributed by atoms with Gasteiger partial charge in [0.2, 0.25) is 0 Å². The standard InChI is InChI=1S/C25H22ClN3O/c1-28(23-7-3-5-18(13-23)6-4-12-30)17-21-9-8-20(15-24(21)26)19-10-11-25-22(14-19)16-27-29(25)2/h3-16H,17H2,1-2H3/b6-4+. The molecule has 4 nitrogen and oxygen atoms in total. The molecule has 4 aromatic rings. The van der Waals surface area contributed by atoms with Crippen LogP contribution in [-0.4, -0.2) is 23.1 Å². The molecule has 0 bridgehead atoms. The third kappa shape index (κ3) is 4.14. The van der Waals surface area contributed by atoms with Crippen LogP contribution < -0.4 is 4.90 Å². The summed E-state index contributed by atoms with van der Waals surface area (Å²) < 4.78 is 1.87. The van der Waals surface area contributed by atoms with Crippen molar-refractivity contribution in [3.8, 4) is 11.1 Å². The molecule has 0 radical (unpaired) electrons. The first-order valence-corrected chi connectivity index (χ1v) is 10.1. The van der Waals surface area contributed by atoms with Crippen molar-refractivity contribution in [3.05, 3.63) is 89.1 Å². The van der Waals surface area contributed by atoms with Crippen molar-refractivity contribution in [1.82, 2.24) is 9.78 Å². The molecule has 1 aromatic heterocycles. The summed E-state index contributed by atoms with van der Waals surface area (Å²) in [5.41, 5.74) is 6.40. The van der Waals surface area contributed by atoms with Crippen molar-refractivity contribution in [3.63, 3.8) is 0 Å². The molecule has 0 saturated carbocycles. The predicted octanol–water partition coefficient (Wildman–Crippen LogP) is 5.74. The summed E-state index contributed by atoms with van der Waals surface area (Å²) in [6.07, 6.45) is 5.95. The summed E-state index contributed by atoms with van der Waals surface area (Å²) >= 11 is 6.64. The number of fused-ring (bicyclic) bond motifs is 1. The Balaban J connectivity index is 1.55. The first-order chi connectivity index (χ1) is 14.5. The average Bonchev–Trinajstić information content (AvgIpc) is 3.14. The fraction of sp³-hybridized carbons (Fsp3) is 0.120. The molecular formula is C25H22ClN3O. The number of aryl methyl sites for hydroxylation is 1. The van der Waals surface area contributed by atoms with E-state index in [1.807, 2.05) is 55.3 Å². The molecule has 5 heteroatoms. The Morgan fingerprint density at radius 2 is 1.87 bits per heavy atom. The smallest absolute Gasteiger partial charge is 0.142 e. The first-order valence-electron chi connectivity index (χ1n) is 9.69. The van der Waals surface area contributed by atoms with Crippen molar-refractivity contribution in [2.24, 2.45) is 7.05 Å². The second kappa shape index (κ2) is 8.56. The van der Waals surface area contributed by atoms with Gasteiger partial charge in [0.25, 0.3) is 0 Å². The number of hydrogen-bond acceptors (Lipinski definition) is 3. The van der Waals surface area contributed by atoms with E-state index in [2.05, 4.69) is 40.3 Å². The van der Waals surface area contributed by atoms with Crippen LogP contribution in [0.3, 0.4) is 0 Å². The minimum Gasteiger partial charge on any atom is -0.370 e. The van der Waals surface area contributed by atoms with Gasteiger partial charge in [0, 0.05) is 36.7 Å². The molecule has 0 amide bonds. The van der Waals surface area contributed by atoms with Crippen LogP contribution in [0.1, 0.15) is 11.1 Å². The number of carbonyl (C=O) groups is 1. The third-order valence-corrected chi connectivity index (χ3v) is 5.57. The zero-order valence-electron chi connectivity index (χ0n) is 16.9. The molecule has 0 unspecified atom stereocenters. The van der Waals surface area contributed by atoms with E-state index in [4.69, 9.17) is 11.6 Å². The zero-order valence-corrected chi connectivity index (χ0v) is 17.7. The van der Waals surface area contributed by atoms with Crippen LogP contribution in [0.4, 0.5) is 5.69 Å². The largest absolute Gasteiger partial charge is 0.370 e. The van der Waals surface area contributed by atoms with Gasteiger partial charge < -0.3 is 4.90 Å². The monoisotopic (exact) mass is 415 g/mol. The molecule has 0 spiro atoms. The van der Waals surface area contributed by atoms with E-state index in [1.54, 1.807) is 6.08 Å². The van der Waals surface area contributed by atoms with Gasteiger partial charge in [0.05, 0.1) is 11.7 Å². The lowest BCUT2D eigenvalue weighted by Crippen LogP contribution is -2.16. The molecule has 150 valence electrons. The van der Waals surface area contributed by atoms with Gasteiger partial charge in [-0.3, -0.25) is 9.48 Å². The summed E-state index contributed by atoms with van der Waals surface area (Å²) in [5.74, 6) is 0. The van der Waals surface area contributed by atoms with E-state index in [9.17, 15) is 4.79 Å². The maximum atomic E-state index is 10.6. The molecular weight excluding hydrogens is 394 g/mol. The summed E-state index contributed by atoms with van der Waals surface area (Å²) in [6, 6.07) is 20.6. The number of allylic oxidation sites excluding steroid dienone is 1. The minimum atomic E-state index is 0.682. The van der Waals surface area contributed by atoms with E-state index in [-0.39, 0.29) is 0 Å². The molecule has 1 heterocycles. The fourth-order valence-electron chi connectivity index (χ4n) is 3.56. The van der Waals surface area contributed by atoms with Gasteiger partial charge in [-0.05, 0) is 58.7 Å². The van der Waals surface area contributed by atoms with Crippen molar-refractivity contribution in [2.75, 3.05) is 11.9 Å². The van der Waals surface area contributed by atoms with Gasteiger partial charge in [0.1, 0.15) is 6.29 Å². The van der Waals surface area contributed by atoms with E-state index in [0.717, 1.165) is 50.2 Å². The number of halogens is 1. The number of carbonyl (C=O) groups excluding carboxylic acids is 1. The predicted molar refractivity (Wildman–Crippen MR) is 125 cm³/mol. The number of aromatic nitrogens is 2. The SMILES string of the molecule is CN(Cc1ccc(-c2ccc3c(cnn3C)c2)cc1Cl)c1cccc(/C=C/C=O)c1. The summed E-state index contributed by atoms with van der Waals surface area (Å²) in [5, 5.41) is 6.16. The quantitative estimate of drug-likeness (QED) is 0.297. The molecule has 0 fully saturated rings. The summed E-state index contributed by atoms with van der Waals surface area (Å²) in [4.78, 5) is 12.7. The Morgan fingerprint density at radius 1 is 1.07 bits per heavy atom. The van der Waals surface area contributed by atoms with Crippen molar-refractivity contribution < 1.29 is 4.79 Å². The Hall–Kier alpha value is -3.37. The Morgan fingerprint density at radius 3 is 2.67 bits per heavy atom. The van der Waals surface area contributed by atoms with Crippen LogP contribution in [0.5, 0.6) is 0 Å². The molecule has 4 rings (SSSR count). The normalized spacial score (nSPS) is 11.3. The fourth-order valence-corrected chi connectivity index (χ4v) is 3.80. The highest BCUT2D eigenvalue weighted by molar-refractivity contribution is 6.31. The van der Waals surface area contributed by atoms with E-state index in [0.29, 0.717) is 6.54 Å². The lowest BCUT2D eigenvalue weighted by Gasteiger charge is -2.21. The van der Waals surface area contributed by atoms with Crippen LogP contribution in [0.15, 0.2) is 72.9 Å². The number of benzene rings is 3. The van der Waals surface area contributed by atoms with Crippen LogP contribution in [-0.2, 0) is 18.4 Å². The number of anilines is 1. The second-order valence-corrected chi connectivity index (χ2v) is 7.70. The lowest BCUT2D eigenvalue weighted by atomic mass is 10.0. The number of rotatable bonds is 6. The molecule has 0 saturated heterocycles. The highest BCUT2D eigenvalue weighted by atomic mass is 35.5. The molecule has 0 aliphatic heterocycles. The maximum absolute atomic E-state index is 10.6. The maximum Gasteiger partial charge on any atom is 0.142 e. The van der Waals surface area contributed by atoms with Crippen molar-refractivity contribution in [1.29, 1.82) is 0 Å². The Bertz CT molecular complexity index is 1240. The average molecular weight is 416 g/mol. The van der Waals surface area contributed by atoms with Crippen LogP contribution in [0, 0.1) is 0 Å². The van der Waals surface area contributed by atoms with E-state index < -0.39 is 0 Å². The number of aldehydes is 1. The van der Waals surface area contributed by atoms with Gasteiger partial charge in [-0.1, -0.05) is 48.0 Å². The van der Waals surface area contributed by atoms with Crippen molar-refractivity contribution in [2.45, 2.75) is 6.54 Å². The van der Waals surface area contributed by atoms with Crippen LogP contribution >= 0.6 is 11.6 Å². The molecule has 0 N–H and O–H groups in total. The van der Waals surface area contributed by atoms with E-state index in [1.165, 1.54) is 6.08 Å². The number of nitrogens with zero attached hydrogens (tertiary/aromatic N) is 3. The van der Waals surface area contributed by atoms with Crippen molar-refractivity contribution >= 4 is 40.6 Å². The van der Waals surface area contributed by atoms with Gasteiger partial charge >= 0.3 is 0 Å². The van der Waals surface area contributed by atoms with Crippen LogP contribution in [0.2, 0.25) is 5.02 Å². The van der Waals surface area contributed by atoms with E-state index >= 15 is 0 Å². The highest BCUT2D eigenvalue weighted by Crippen LogP contribution is 2.29. The lowest BCUT2D eigenvalue weighted by molar-refractivity contribution is -0.104. The zero-order chi connectivity index (χ0) is 21.1. The Labute approximate surface area is 181 Å². The van der Waals surface area contributed by atoms with Crippen LogP contribution in [0.25, 0.3) is 28.1 Å². The summed E-state index contributed by atoms with van der Waals surface area (Å²) in [6.45, 7) is 0.682. The molecule has 0 aliphatic carbocycles. The minimum absolute atomic E-state index is 0.682. The molecule has 0 aliphatic rings. The summed E-state index contributed by atoms with van der Waals surface area (Å²) in [7, 11) is 3.97. The third-order valence-electron chi connectivity index (χ3n) is 5.22. The van der Waals surface area contributed by atoms with Gasteiger partial charge in [0.15, 0.2) is 0 Å². The second-order valence-electron chi connectivity index (χ2n) is 7.29. The highest BCUT2D eigenvalue weighted by Gasteiger charge is 2.09. The van der Waals surface area contributed by atoms with Gasteiger partial charge in [-0.15, -0.1) is 0 Å². The Kier molecular flexibility index (Phi) is 5.68. The molecule has 0 atom stereocenters. The topological polar surface area (TPSA) is 38.1 Å². The first kappa shape index (κ1) is 19.9. The molecule has 3 aromatic carbocycles. The number of hydrogen-bond donors (Lipinski definition) is 0. The van der Waals surface area contributed by atoms with Gasteiger partial charge in [-0.25, -0.2) is 0 Å². The molecule has 30 heavy (non-hydrogen) atoms. The van der Waals surface area contributed by atoms with Gasteiger partial charge in [-0.2, -0.15) is 5.10 Å².